The number of para-hydroxylation sites is 1. The predicted octanol–water partition coefficient (Wildman–Crippen LogP) is 3.57. The number of piperazine rings is 1. The highest BCUT2D eigenvalue weighted by Crippen LogP contribution is 2.29. The minimum Gasteiger partial charge on any atom is -0.496 e. The van der Waals surface area contributed by atoms with E-state index in [0.29, 0.717) is 59.6 Å². The fraction of sp³-hybridized carbons (Fsp3) is 0.222. The van der Waals surface area contributed by atoms with Crippen LogP contribution in [0.4, 0.5) is 11.4 Å². The largest absolute Gasteiger partial charge is 0.496 e. The SMILES string of the molecule is COc1ccccc1C(=O)N1CCN(c2ccc([N+](=O)[O-])c(-n3nc(C)c4ccccc4c3=O)c2)CC1. The minimum atomic E-state index is -0.512. The number of carbonyl (C=O) groups excluding carboxylic acids is 1. The van der Waals surface area contributed by atoms with Crippen molar-refractivity contribution >= 4 is 28.1 Å². The molecule has 37 heavy (non-hydrogen) atoms. The van der Waals surface area contributed by atoms with Gasteiger partial charge in [0, 0.05) is 43.3 Å². The molecule has 1 aliphatic rings. The van der Waals surface area contributed by atoms with Crippen molar-refractivity contribution in [3.05, 3.63) is 98.5 Å². The third-order valence-electron chi connectivity index (χ3n) is 6.64. The van der Waals surface area contributed by atoms with E-state index in [-0.39, 0.29) is 17.3 Å². The van der Waals surface area contributed by atoms with Gasteiger partial charge in [0.25, 0.3) is 17.2 Å². The fourth-order valence-corrected chi connectivity index (χ4v) is 4.70. The van der Waals surface area contributed by atoms with Gasteiger partial charge in [0.2, 0.25) is 0 Å². The Labute approximate surface area is 212 Å². The highest BCUT2D eigenvalue weighted by molar-refractivity contribution is 5.97. The van der Waals surface area contributed by atoms with Crippen molar-refractivity contribution in [1.29, 1.82) is 0 Å². The second kappa shape index (κ2) is 9.73. The Balaban J connectivity index is 1.45. The molecule has 0 atom stereocenters. The number of carbonyl (C=O) groups is 1. The van der Waals surface area contributed by atoms with Crippen LogP contribution in [0.5, 0.6) is 5.75 Å². The number of nitrogens with zero attached hydrogens (tertiary/aromatic N) is 5. The van der Waals surface area contributed by atoms with Gasteiger partial charge >= 0.3 is 0 Å². The van der Waals surface area contributed by atoms with Gasteiger partial charge in [-0.1, -0.05) is 30.3 Å². The number of aromatic nitrogens is 2. The van der Waals surface area contributed by atoms with E-state index in [1.165, 1.54) is 13.2 Å². The second-order valence-corrected chi connectivity index (χ2v) is 8.76. The lowest BCUT2D eigenvalue weighted by Crippen LogP contribution is -2.48. The summed E-state index contributed by atoms with van der Waals surface area (Å²) in [6.07, 6.45) is 0. The quantitative estimate of drug-likeness (QED) is 0.305. The van der Waals surface area contributed by atoms with Gasteiger partial charge in [-0.15, -0.1) is 0 Å². The molecular weight excluding hydrogens is 474 g/mol. The summed E-state index contributed by atoms with van der Waals surface area (Å²) >= 11 is 0. The smallest absolute Gasteiger partial charge is 0.295 e. The molecular formula is C27H25N5O5. The van der Waals surface area contributed by atoms with E-state index in [9.17, 15) is 19.7 Å². The van der Waals surface area contributed by atoms with Gasteiger partial charge in [-0.2, -0.15) is 9.78 Å². The van der Waals surface area contributed by atoms with Crippen LogP contribution in [0.25, 0.3) is 16.5 Å². The molecule has 0 saturated carbocycles. The molecule has 0 spiro atoms. The molecule has 0 radical (unpaired) electrons. The summed E-state index contributed by atoms with van der Waals surface area (Å²) in [4.78, 5) is 41.5. The molecule has 1 saturated heterocycles. The molecule has 188 valence electrons. The second-order valence-electron chi connectivity index (χ2n) is 8.76. The maximum absolute atomic E-state index is 13.3. The van der Waals surface area contributed by atoms with Crippen molar-refractivity contribution in [3.63, 3.8) is 0 Å². The molecule has 0 N–H and O–H groups in total. The Morgan fingerprint density at radius 2 is 1.65 bits per heavy atom. The number of benzene rings is 3. The van der Waals surface area contributed by atoms with Crippen molar-refractivity contribution in [2.24, 2.45) is 0 Å². The molecule has 3 aromatic carbocycles. The van der Waals surface area contributed by atoms with E-state index >= 15 is 0 Å². The molecule has 0 aliphatic carbocycles. The summed E-state index contributed by atoms with van der Waals surface area (Å²) in [6.45, 7) is 3.76. The lowest BCUT2D eigenvalue weighted by molar-refractivity contribution is -0.384. The van der Waals surface area contributed by atoms with Gasteiger partial charge in [0.1, 0.15) is 11.4 Å². The average molecular weight is 500 g/mol. The summed E-state index contributed by atoms with van der Waals surface area (Å²) < 4.78 is 6.44. The number of hydrogen-bond acceptors (Lipinski definition) is 7. The van der Waals surface area contributed by atoms with E-state index in [1.54, 1.807) is 60.4 Å². The van der Waals surface area contributed by atoms with Gasteiger partial charge in [-0.25, -0.2) is 0 Å². The highest BCUT2D eigenvalue weighted by atomic mass is 16.6. The van der Waals surface area contributed by atoms with E-state index in [1.807, 2.05) is 17.0 Å². The molecule has 10 heteroatoms. The number of hydrogen-bond donors (Lipinski definition) is 0. The van der Waals surface area contributed by atoms with Gasteiger partial charge in [0.05, 0.1) is 28.7 Å². The first-order chi connectivity index (χ1) is 17.9. The van der Waals surface area contributed by atoms with Crippen molar-refractivity contribution in [1.82, 2.24) is 14.7 Å². The first-order valence-corrected chi connectivity index (χ1v) is 11.8. The summed E-state index contributed by atoms with van der Waals surface area (Å²) in [5.41, 5.74) is 1.29. The van der Waals surface area contributed by atoms with Crippen LogP contribution in [0.1, 0.15) is 16.1 Å². The first kappa shape index (κ1) is 24.0. The van der Waals surface area contributed by atoms with Crippen molar-refractivity contribution < 1.29 is 14.5 Å². The number of aryl methyl sites for hydroxylation is 1. The van der Waals surface area contributed by atoms with Crippen LogP contribution in [0.15, 0.2) is 71.5 Å². The van der Waals surface area contributed by atoms with E-state index in [4.69, 9.17) is 4.74 Å². The molecule has 2 heterocycles. The van der Waals surface area contributed by atoms with Crippen LogP contribution in [0.2, 0.25) is 0 Å². The Kier molecular flexibility index (Phi) is 6.31. The Hall–Kier alpha value is -4.73. The Morgan fingerprint density at radius 3 is 2.35 bits per heavy atom. The minimum absolute atomic E-state index is 0.105. The number of nitro benzene ring substituents is 1. The zero-order chi connectivity index (χ0) is 26.1. The van der Waals surface area contributed by atoms with Crippen LogP contribution < -0.4 is 15.2 Å². The van der Waals surface area contributed by atoms with Crippen molar-refractivity contribution in [3.8, 4) is 11.4 Å². The highest BCUT2D eigenvalue weighted by Gasteiger charge is 2.26. The number of anilines is 1. The van der Waals surface area contributed by atoms with Gasteiger partial charge in [-0.05, 0) is 37.3 Å². The molecule has 1 aromatic heterocycles. The summed E-state index contributed by atoms with van der Waals surface area (Å²) in [5.74, 6) is 0.419. The van der Waals surface area contributed by atoms with E-state index in [0.717, 1.165) is 4.68 Å². The van der Waals surface area contributed by atoms with Crippen LogP contribution >= 0.6 is 0 Å². The van der Waals surface area contributed by atoms with Crippen LogP contribution in [0.3, 0.4) is 0 Å². The summed E-state index contributed by atoms with van der Waals surface area (Å²) in [7, 11) is 1.54. The lowest BCUT2D eigenvalue weighted by atomic mass is 10.1. The maximum atomic E-state index is 13.3. The van der Waals surface area contributed by atoms with Gasteiger partial charge < -0.3 is 14.5 Å². The lowest BCUT2D eigenvalue weighted by Gasteiger charge is -2.36. The molecule has 0 unspecified atom stereocenters. The van der Waals surface area contributed by atoms with Crippen LogP contribution in [-0.4, -0.2) is 58.8 Å². The van der Waals surface area contributed by atoms with Crippen molar-refractivity contribution in [2.75, 3.05) is 38.2 Å². The molecule has 1 aliphatic heterocycles. The number of methoxy groups -OCH3 is 1. The summed E-state index contributed by atoms with van der Waals surface area (Å²) in [6, 6.07) is 18.9. The van der Waals surface area contributed by atoms with Crippen LogP contribution in [-0.2, 0) is 0 Å². The molecule has 1 fully saturated rings. The molecule has 0 bridgehead atoms. The molecule has 4 aromatic rings. The van der Waals surface area contributed by atoms with Gasteiger partial charge in [-0.3, -0.25) is 19.7 Å². The first-order valence-electron chi connectivity index (χ1n) is 11.8. The standard InChI is InChI=1S/C27H25N5O5/c1-18-20-7-3-4-8-21(20)27(34)31(28-18)24-17-19(11-12-23(24)32(35)36)29-13-15-30(16-14-29)26(33)22-9-5-6-10-25(22)37-2/h3-12,17H,13-16H2,1-2H3. The fourth-order valence-electron chi connectivity index (χ4n) is 4.70. The van der Waals surface area contributed by atoms with Crippen LogP contribution in [0, 0.1) is 17.0 Å². The number of amides is 1. The van der Waals surface area contributed by atoms with Gasteiger partial charge in [0.15, 0.2) is 0 Å². The number of fused-ring (bicyclic) bond motifs is 1. The third kappa shape index (κ3) is 4.37. The third-order valence-corrected chi connectivity index (χ3v) is 6.64. The number of nitro groups is 1. The monoisotopic (exact) mass is 499 g/mol. The zero-order valence-corrected chi connectivity index (χ0v) is 20.5. The molecule has 1 amide bonds. The van der Waals surface area contributed by atoms with E-state index in [2.05, 4.69) is 5.10 Å². The van der Waals surface area contributed by atoms with Crippen molar-refractivity contribution in [2.45, 2.75) is 6.92 Å². The number of ether oxygens (including phenoxy) is 1. The summed E-state index contributed by atoms with van der Waals surface area (Å²) in [5, 5.41) is 17.4. The Bertz CT molecular complexity index is 1570. The zero-order valence-electron chi connectivity index (χ0n) is 20.5. The topological polar surface area (TPSA) is 111 Å². The Morgan fingerprint density at radius 1 is 0.973 bits per heavy atom. The normalized spacial score (nSPS) is 13.6. The molecule has 10 nitrogen and oxygen atoms in total. The maximum Gasteiger partial charge on any atom is 0.295 e. The predicted molar refractivity (Wildman–Crippen MR) is 140 cm³/mol. The molecule has 5 rings (SSSR count). The van der Waals surface area contributed by atoms with E-state index < -0.39 is 10.5 Å². The average Bonchev–Trinajstić information content (AvgIpc) is 2.94. The number of rotatable bonds is 5.